The first-order valence-corrected chi connectivity index (χ1v) is 14.5. The lowest BCUT2D eigenvalue weighted by Gasteiger charge is -2.35. The molecule has 9 heteroatoms. The second-order valence-electron chi connectivity index (χ2n) is 10.6. The second kappa shape index (κ2) is 12.4. The van der Waals surface area contributed by atoms with E-state index in [1.54, 1.807) is 0 Å². The normalized spacial score (nSPS) is 12.5. The zero-order valence-corrected chi connectivity index (χ0v) is 23.8. The molecule has 0 saturated heterocycles. The van der Waals surface area contributed by atoms with Crippen molar-refractivity contribution >= 4 is 27.5 Å². The van der Waals surface area contributed by atoms with Crippen molar-refractivity contribution < 1.29 is 22.4 Å². The molecule has 0 aromatic heterocycles. The fraction of sp³-hybridized carbons (Fsp3) is 0.333. The van der Waals surface area contributed by atoms with Crippen molar-refractivity contribution in [2.45, 2.75) is 52.2 Å². The van der Waals surface area contributed by atoms with E-state index in [2.05, 4.69) is 5.32 Å². The summed E-state index contributed by atoms with van der Waals surface area (Å²) < 4.78 is 40.4. The van der Waals surface area contributed by atoms with E-state index in [1.807, 2.05) is 82.3 Å². The fourth-order valence-corrected chi connectivity index (χ4v) is 5.06. The Hall–Kier alpha value is -3.72. The second-order valence-corrected chi connectivity index (χ2v) is 12.5. The van der Waals surface area contributed by atoms with Gasteiger partial charge in [0.05, 0.1) is 11.9 Å². The largest absolute Gasteiger partial charge is 0.350 e. The van der Waals surface area contributed by atoms with Crippen LogP contribution in [0.5, 0.6) is 0 Å². The molecular weight excluding hydrogens is 517 g/mol. The van der Waals surface area contributed by atoms with Crippen LogP contribution in [0.3, 0.4) is 0 Å². The summed E-state index contributed by atoms with van der Waals surface area (Å²) in [5.74, 6) is -1.57. The maximum atomic E-state index is 14.0. The molecule has 39 heavy (non-hydrogen) atoms. The van der Waals surface area contributed by atoms with Gasteiger partial charge >= 0.3 is 0 Å². The number of carbonyl (C=O) groups excluding carboxylic acids is 2. The van der Waals surface area contributed by atoms with Gasteiger partial charge in [-0.25, -0.2) is 12.8 Å². The van der Waals surface area contributed by atoms with Gasteiger partial charge in [0, 0.05) is 18.5 Å². The van der Waals surface area contributed by atoms with Crippen LogP contribution in [-0.4, -0.2) is 49.5 Å². The summed E-state index contributed by atoms with van der Waals surface area (Å²) >= 11 is 0. The highest BCUT2D eigenvalue weighted by molar-refractivity contribution is 7.92. The van der Waals surface area contributed by atoms with E-state index in [1.165, 1.54) is 23.1 Å². The third-order valence-electron chi connectivity index (χ3n) is 6.15. The smallest absolute Gasteiger partial charge is 0.244 e. The monoisotopic (exact) mass is 553 g/mol. The van der Waals surface area contributed by atoms with E-state index < -0.39 is 39.9 Å². The zero-order chi connectivity index (χ0) is 28.8. The van der Waals surface area contributed by atoms with Crippen molar-refractivity contribution in [1.29, 1.82) is 0 Å². The quantitative estimate of drug-likeness (QED) is 0.402. The van der Waals surface area contributed by atoms with Gasteiger partial charge in [0.25, 0.3) is 0 Å². The minimum Gasteiger partial charge on any atom is -0.350 e. The number of aryl methyl sites for hydroxylation is 1. The first kappa shape index (κ1) is 29.8. The summed E-state index contributed by atoms with van der Waals surface area (Å²) in [4.78, 5) is 29.1. The molecule has 1 atom stereocenters. The molecule has 0 aliphatic rings. The Balaban J connectivity index is 2.09. The molecule has 3 aromatic rings. The van der Waals surface area contributed by atoms with E-state index in [9.17, 15) is 22.4 Å². The maximum absolute atomic E-state index is 14.0. The van der Waals surface area contributed by atoms with Gasteiger partial charge in [-0.15, -0.1) is 0 Å². The molecule has 208 valence electrons. The Morgan fingerprint density at radius 1 is 0.949 bits per heavy atom. The Morgan fingerprint density at radius 3 is 2.18 bits per heavy atom. The average molecular weight is 554 g/mol. The summed E-state index contributed by atoms with van der Waals surface area (Å²) in [7, 11) is -3.96. The molecule has 0 heterocycles. The van der Waals surface area contributed by atoms with Crippen LogP contribution in [0.25, 0.3) is 0 Å². The van der Waals surface area contributed by atoms with Gasteiger partial charge in [0.2, 0.25) is 21.8 Å². The van der Waals surface area contributed by atoms with Crippen molar-refractivity contribution in [3.8, 4) is 0 Å². The molecule has 7 nitrogen and oxygen atoms in total. The number of anilines is 1. The highest BCUT2D eigenvalue weighted by Crippen LogP contribution is 2.22. The van der Waals surface area contributed by atoms with E-state index in [0.29, 0.717) is 0 Å². The molecule has 0 saturated carbocycles. The molecule has 1 N–H and O–H groups in total. The minimum absolute atomic E-state index is 0.0282. The molecular formula is C30H36FN3O4S. The van der Waals surface area contributed by atoms with E-state index in [4.69, 9.17) is 0 Å². The minimum atomic E-state index is -3.96. The number of nitrogens with one attached hydrogen (secondary N) is 1. The highest BCUT2D eigenvalue weighted by atomic mass is 32.2. The average Bonchev–Trinajstić information content (AvgIpc) is 2.84. The molecule has 0 aliphatic carbocycles. The summed E-state index contributed by atoms with van der Waals surface area (Å²) in [6, 6.07) is 21.0. The molecule has 3 rings (SSSR count). The van der Waals surface area contributed by atoms with Crippen LogP contribution in [0.4, 0.5) is 10.1 Å². The number of amides is 2. The van der Waals surface area contributed by atoms with Gasteiger partial charge in [0.15, 0.2) is 0 Å². The third kappa shape index (κ3) is 8.64. The molecule has 0 unspecified atom stereocenters. The first-order valence-electron chi connectivity index (χ1n) is 12.7. The van der Waals surface area contributed by atoms with Crippen LogP contribution in [0.2, 0.25) is 0 Å². The Kier molecular flexibility index (Phi) is 9.50. The van der Waals surface area contributed by atoms with Crippen LogP contribution < -0.4 is 9.62 Å². The van der Waals surface area contributed by atoms with Crippen LogP contribution in [0.1, 0.15) is 37.5 Å². The van der Waals surface area contributed by atoms with Gasteiger partial charge in [-0.2, -0.15) is 0 Å². The molecule has 0 spiro atoms. The lowest BCUT2D eigenvalue weighted by atomic mass is 10.00. The summed E-state index contributed by atoms with van der Waals surface area (Å²) in [6.07, 6.45) is 1.18. The van der Waals surface area contributed by atoms with Crippen molar-refractivity contribution in [2.24, 2.45) is 0 Å². The number of hydrogen-bond donors (Lipinski definition) is 1. The molecule has 2 amide bonds. The van der Waals surface area contributed by atoms with Crippen LogP contribution >= 0.6 is 0 Å². The number of sulfonamides is 1. The molecule has 0 fully saturated rings. The summed E-state index contributed by atoms with van der Waals surface area (Å²) in [6.45, 7) is 6.96. The molecule has 3 aromatic carbocycles. The van der Waals surface area contributed by atoms with Crippen molar-refractivity contribution in [2.75, 3.05) is 17.1 Å². The first-order chi connectivity index (χ1) is 18.2. The predicted molar refractivity (Wildman–Crippen MR) is 152 cm³/mol. The van der Waals surface area contributed by atoms with E-state index in [0.717, 1.165) is 33.3 Å². The van der Waals surface area contributed by atoms with Gasteiger partial charge in [-0.3, -0.25) is 13.9 Å². The topological polar surface area (TPSA) is 86.8 Å². The lowest BCUT2D eigenvalue weighted by molar-refractivity contribution is -0.140. The van der Waals surface area contributed by atoms with Crippen LogP contribution in [-0.2, 0) is 32.6 Å². The zero-order valence-electron chi connectivity index (χ0n) is 23.0. The van der Waals surface area contributed by atoms with Crippen molar-refractivity contribution in [1.82, 2.24) is 10.2 Å². The number of hydrogen-bond acceptors (Lipinski definition) is 4. The Labute approximate surface area is 230 Å². The van der Waals surface area contributed by atoms with Crippen LogP contribution in [0, 0.1) is 12.7 Å². The van der Waals surface area contributed by atoms with E-state index in [-0.39, 0.29) is 24.6 Å². The van der Waals surface area contributed by atoms with E-state index >= 15 is 0 Å². The van der Waals surface area contributed by atoms with Gasteiger partial charge in [-0.05, 0) is 62.6 Å². The number of rotatable bonds is 10. The van der Waals surface area contributed by atoms with Crippen LogP contribution in [0.15, 0.2) is 78.9 Å². The number of halogens is 1. The molecule has 0 radical (unpaired) electrons. The summed E-state index contributed by atoms with van der Waals surface area (Å²) in [5.41, 5.74) is 2.06. The van der Waals surface area contributed by atoms with Crippen molar-refractivity contribution in [3.05, 3.63) is 101 Å². The van der Waals surface area contributed by atoms with Crippen molar-refractivity contribution in [3.63, 3.8) is 0 Å². The molecule has 0 bridgehead atoms. The molecule has 0 aliphatic heterocycles. The maximum Gasteiger partial charge on any atom is 0.244 e. The standard InChI is InChI=1S/C30H36FN3O4S/c1-22-12-9-10-15-24(22)20-33(27(29(36)32-30(2,3)4)18-23-13-7-6-8-14-23)28(35)21-34(39(5,37)38)26-17-11-16-25(31)19-26/h6-17,19,27H,18,20-21H2,1-5H3,(H,32,36)/t27-/m0/s1. The summed E-state index contributed by atoms with van der Waals surface area (Å²) in [5, 5.41) is 2.98. The number of benzene rings is 3. The van der Waals surface area contributed by atoms with Gasteiger partial charge in [-0.1, -0.05) is 60.7 Å². The Morgan fingerprint density at radius 2 is 1.59 bits per heavy atom. The Bertz CT molecular complexity index is 1400. The van der Waals surface area contributed by atoms with Gasteiger partial charge < -0.3 is 10.2 Å². The highest BCUT2D eigenvalue weighted by Gasteiger charge is 2.34. The lowest BCUT2D eigenvalue weighted by Crippen LogP contribution is -2.56. The third-order valence-corrected chi connectivity index (χ3v) is 7.29. The SMILES string of the molecule is Cc1ccccc1CN(C(=O)CN(c1cccc(F)c1)S(C)(=O)=O)[C@@H](Cc1ccccc1)C(=O)NC(C)(C)C. The fourth-order valence-electron chi connectivity index (χ4n) is 4.22. The number of carbonyl (C=O) groups is 2. The van der Waals surface area contributed by atoms with Gasteiger partial charge in [0.1, 0.15) is 18.4 Å². The number of nitrogens with zero attached hydrogens (tertiary/aromatic N) is 2. The predicted octanol–water partition coefficient (Wildman–Crippen LogP) is 4.45.